The molecule has 1 aliphatic heterocycles. The van der Waals surface area contributed by atoms with Crippen molar-refractivity contribution in [1.82, 2.24) is 5.32 Å². The zero-order valence-electron chi connectivity index (χ0n) is 11.5. The van der Waals surface area contributed by atoms with Gasteiger partial charge in [-0.05, 0) is 6.42 Å². The Morgan fingerprint density at radius 3 is 2.68 bits per heavy atom. The predicted molar refractivity (Wildman–Crippen MR) is 73.0 cm³/mol. The van der Waals surface area contributed by atoms with Gasteiger partial charge in [-0.1, -0.05) is 0 Å². The van der Waals surface area contributed by atoms with Crippen LogP contribution >= 0.6 is 11.8 Å². The number of nitrogens with one attached hydrogen (secondary N) is 1. The molecule has 0 amide bonds. The molecule has 1 saturated heterocycles. The summed E-state index contributed by atoms with van der Waals surface area (Å²) in [5.41, 5.74) is -0.480. The van der Waals surface area contributed by atoms with Crippen molar-refractivity contribution in [3.8, 4) is 0 Å². The number of likely N-dealkylation sites (N-methyl/N-ethyl adjacent to an activating group) is 1. The van der Waals surface area contributed by atoms with E-state index in [-0.39, 0.29) is 6.61 Å². The number of ether oxygens (including phenoxy) is 1. The highest BCUT2D eigenvalue weighted by molar-refractivity contribution is 8.03. The first-order chi connectivity index (χ1) is 8.81. The predicted octanol–water partition coefficient (Wildman–Crippen LogP) is 0.408. The van der Waals surface area contributed by atoms with Crippen LogP contribution in [0.4, 0.5) is 0 Å². The number of hydrogen-bond donors (Lipinski definition) is 1. The fourth-order valence-corrected chi connectivity index (χ4v) is 2.37. The van der Waals surface area contributed by atoms with Crippen LogP contribution in [0.3, 0.4) is 0 Å². The van der Waals surface area contributed by atoms with Gasteiger partial charge in [0.15, 0.2) is 5.03 Å². The molecule has 1 fully saturated rings. The van der Waals surface area contributed by atoms with Gasteiger partial charge >= 0.3 is 11.7 Å². The van der Waals surface area contributed by atoms with Crippen LogP contribution in [0.2, 0.25) is 0 Å². The Hall–Kier alpha value is -1.28. The number of carbonyl (C=O) groups is 1. The Balaban J connectivity index is 2.66. The number of hydrogen-bond acceptors (Lipinski definition) is 6. The molecule has 0 unspecified atom stereocenters. The van der Waals surface area contributed by atoms with Crippen LogP contribution in [0.25, 0.3) is 0 Å². The van der Waals surface area contributed by atoms with E-state index in [0.29, 0.717) is 22.6 Å². The van der Waals surface area contributed by atoms with Gasteiger partial charge < -0.3 is 14.5 Å². The van der Waals surface area contributed by atoms with Crippen molar-refractivity contribution in [1.29, 1.82) is 0 Å². The lowest BCUT2D eigenvalue weighted by molar-refractivity contribution is -0.870. The van der Waals surface area contributed by atoms with Crippen LogP contribution in [0.1, 0.15) is 6.42 Å². The van der Waals surface area contributed by atoms with Crippen molar-refractivity contribution < 1.29 is 18.9 Å². The van der Waals surface area contributed by atoms with Gasteiger partial charge in [0.2, 0.25) is 0 Å². The average Bonchev–Trinajstić information content (AvgIpc) is 2.28. The summed E-state index contributed by atoms with van der Waals surface area (Å²) < 4.78 is 5.62. The molecule has 1 rings (SSSR count). The lowest BCUT2D eigenvalue weighted by Gasteiger charge is -2.23. The SMILES string of the molecule is C[N+](C)(C)CCOC(=O)/C(=C1/NCCCS1)[N+](=O)[O-]. The molecule has 0 bridgehead atoms. The second-order valence-corrected chi connectivity index (χ2v) is 6.32. The molecule has 8 heteroatoms. The minimum absolute atomic E-state index is 0.164. The monoisotopic (exact) mass is 290 g/mol. The zero-order chi connectivity index (χ0) is 14.5. The molecule has 108 valence electrons. The first kappa shape index (κ1) is 15.8. The molecule has 0 saturated carbocycles. The Labute approximate surface area is 116 Å². The van der Waals surface area contributed by atoms with E-state index in [0.717, 1.165) is 12.2 Å². The van der Waals surface area contributed by atoms with Gasteiger partial charge in [0.05, 0.1) is 26.1 Å². The van der Waals surface area contributed by atoms with E-state index in [1.165, 1.54) is 11.8 Å². The average molecular weight is 290 g/mol. The number of thioether (sulfide) groups is 1. The van der Waals surface area contributed by atoms with Gasteiger partial charge in [-0.15, -0.1) is 11.8 Å². The quantitative estimate of drug-likeness (QED) is 0.260. The van der Waals surface area contributed by atoms with E-state index in [4.69, 9.17) is 4.74 Å². The van der Waals surface area contributed by atoms with Gasteiger partial charge in [0.1, 0.15) is 13.2 Å². The summed E-state index contributed by atoms with van der Waals surface area (Å²) in [5, 5.41) is 14.2. The third kappa shape index (κ3) is 5.48. The lowest BCUT2D eigenvalue weighted by atomic mass is 10.4. The highest BCUT2D eigenvalue weighted by Gasteiger charge is 2.31. The minimum atomic E-state index is -0.865. The molecule has 0 aromatic heterocycles. The molecule has 0 aromatic rings. The second kappa shape index (κ2) is 6.76. The number of esters is 1. The zero-order valence-corrected chi connectivity index (χ0v) is 12.3. The van der Waals surface area contributed by atoms with Crippen LogP contribution in [-0.2, 0) is 9.53 Å². The van der Waals surface area contributed by atoms with Gasteiger partial charge in [-0.25, -0.2) is 4.79 Å². The summed E-state index contributed by atoms with van der Waals surface area (Å²) in [7, 11) is 5.87. The summed E-state index contributed by atoms with van der Waals surface area (Å²) in [6, 6.07) is 0. The maximum absolute atomic E-state index is 11.8. The van der Waals surface area contributed by atoms with E-state index in [1.54, 1.807) is 0 Å². The molecule has 1 aliphatic rings. The molecule has 0 atom stereocenters. The summed E-state index contributed by atoms with van der Waals surface area (Å²) in [6.45, 7) is 1.41. The van der Waals surface area contributed by atoms with Gasteiger partial charge in [-0.3, -0.25) is 10.1 Å². The number of carbonyl (C=O) groups excluding carboxylic acids is 1. The standard InChI is InChI=1S/C11H19N3O4S/c1-14(2,3)6-7-18-11(15)9(13(16)17)10-12-5-4-8-19-10/h4-8H2,1-3H3/p+1. The molecule has 0 spiro atoms. The lowest BCUT2D eigenvalue weighted by Crippen LogP contribution is -2.38. The fourth-order valence-electron chi connectivity index (χ4n) is 1.38. The van der Waals surface area contributed by atoms with E-state index >= 15 is 0 Å². The number of nitro groups is 1. The highest BCUT2D eigenvalue weighted by atomic mass is 32.2. The van der Waals surface area contributed by atoms with Gasteiger partial charge in [0.25, 0.3) is 0 Å². The topological polar surface area (TPSA) is 81.5 Å². The van der Waals surface area contributed by atoms with Crippen LogP contribution in [0.15, 0.2) is 10.7 Å². The molecule has 0 radical (unpaired) electrons. The normalized spacial score (nSPS) is 18.5. The van der Waals surface area contributed by atoms with Gasteiger partial charge in [-0.2, -0.15) is 0 Å². The Bertz CT molecular complexity index is 382. The van der Waals surface area contributed by atoms with Crippen molar-refractivity contribution in [2.75, 3.05) is 46.6 Å². The van der Waals surface area contributed by atoms with Crippen molar-refractivity contribution in [2.24, 2.45) is 0 Å². The van der Waals surface area contributed by atoms with E-state index in [2.05, 4.69) is 5.32 Å². The third-order valence-electron chi connectivity index (χ3n) is 2.44. The summed E-state index contributed by atoms with van der Waals surface area (Å²) >= 11 is 1.29. The summed E-state index contributed by atoms with van der Waals surface area (Å²) in [5.74, 6) is -0.0957. The summed E-state index contributed by atoms with van der Waals surface area (Å²) in [4.78, 5) is 22.1. The molecule has 0 aliphatic carbocycles. The third-order valence-corrected chi connectivity index (χ3v) is 3.56. The van der Waals surface area contributed by atoms with Crippen LogP contribution < -0.4 is 5.32 Å². The van der Waals surface area contributed by atoms with E-state index in [9.17, 15) is 14.9 Å². The van der Waals surface area contributed by atoms with E-state index < -0.39 is 16.6 Å². The smallest absolute Gasteiger partial charge is 0.412 e. The van der Waals surface area contributed by atoms with Crippen molar-refractivity contribution in [2.45, 2.75) is 6.42 Å². The molecular formula is C11H20N3O4S+. The van der Waals surface area contributed by atoms with Gasteiger partial charge in [0, 0.05) is 12.3 Å². The van der Waals surface area contributed by atoms with E-state index in [1.807, 2.05) is 21.1 Å². The van der Waals surface area contributed by atoms with Crippen LogP contribution in [0, 0.1) is 10.1 Å². The number of quaternary nitrogens is 1. The molecule has 0 aromatic carbocycles. The largest absolute Gasteiger partial charge is 0.451 e. The second-order valence-electron chi connectivity index (χ2n) is 5.21. The molecule has 1 N–H and O–H groups in total. The number of rotatable bonds is 5. The first-order valence-electron chi connectivity index (χ1n) is 6.04. The van der Waals surface area contributed by atoms with Crippen LogP contribution in [-0.4, -0.2) is 62.0 Å². The first-order valence-corrected chi connectivity index (χ1v) is 7.03. The van der Waals surface area contributed by atoms with Crippen molar-refractivity contribution in [3.05, 3.63) is 20.8 Å². The minimum Gasteiger partial charge on any atom is -0.451 e. The molecule has 19 heavy (non-hydrogen) atoms. The van der Waals surface area contributed by atoms with Crippen molar-refractivity contribution in [3.63, 3.8) is 0 Å². The Morgan fingerprint density at radius 1 is 1.53 bits per heavy atom. The molecular weight excluding hydrogens is 270 g/mol. The highest BCUT2D eigenvalue weighted by Crippen LogP contribution is 2.22. The fraction of sp³-hybridized carbons (Fsp3) is 0.727. The Morgan fingerprint density at radius 2 is 2.21 bits per heavy atom. The number of nitrogens with zero attached hydrogens (tertiary/aromatic N) is 2. The molecule has 7 nitrogen and oxygen atoms in total. The summed E-state index contributed by atoms with van der Waals surface area (Å²) in [6.07, 6.45) is 0.926. The Kier molecular flexibility index (Phi) is 5.61. The molecule has 1 heterocycles. The van der Waals surface area contributed by atoms with Crippen LogP contribution in [0.5, 0.6) is 0 Å². The maximum Gasteiger partial charge on any atom is 0.412 e. The van der Waals surface area contributed by atoms with Crippen molar-refractivity contribution >= 4 is 17.7 Å². The maximum atomic E-state index is 11.8.